The summed E-state index contributed by atoms with van der Waals surface area (Å²) in [5.74, 6) is 0.943. The van der Waals surface area contributed by atoms with Crippen LogP contribution in [0.1, 0.15) is 35.3 Å². The lowest BCUT2D eigenvalue weighted by Crippen LogP contribution is -2.19. The Morgan fingerprint density at radius 2 is 1.78 bits per heavy atom. The first-order valence-corrected chi connectivity index (χ1v) is 7.51. The Bertz CT molecular complexity index is 751. The quantitative estimate of drug-likeness (QED) is 0.697. The number of rotatable bonds is 4. The molecule has 1 amide bonds. The van der Waals surface area contributed by atoms with Crippen LogP contribution in [0.2, 0.25) is 0 Å². The molecule has 3 rings (SSSR count). The number of benzene rings is 2. The summed E-state index contributed by atoms with van der Waals surface area (Å²) in [6.45, 7) is 4.16. The number of hydrazone groups is 1. The largest absolute Gasteiger partial charge is 0.454 e. The summed E-state index contributed by atoms with van der Waals surface area (Å²) in [5, 5.41) is 4.16. The van der Waals surface area contributed by atoms with E-state index in [9.17, 15) is 4.79 Å². The minimum absolute atomic E-state index is 0.186. The van der Waals surface area contributed by atoms with Gasteiger partial charge in [0.1, 0.15) is 0 Å². The fourth-order valence-corrected chi connectivity index (χ4v) is 2.28. The molecule has 0 bridgehead atoms. The molecule has 5 heteroatoms. The van der Waals surface area contributed by atoms with Gasteiger partial charge in [0.05, 0.1) is 5.71 Å². The van der Waals surface area contributed by atoms with Gasteiger partial charge in [0.2, 0.25) is 6.79 Å². The second-order valence-electron chi connectivity index (χ2n) is 5.26. The molecule has 5 nitrogen and oxygen atoms in total. The Balaban J connectivity index is 1.69. The minimum atomic E-state index is -0.284. The van der Waals surface area contributed by atoms with Crippen LogP contribution in [-0.4, -0.2) is 18.4 Å². The number of carbonyl (C=O) groups excluding carboxylic acids is 1. The zero-order valence-electron chi connectivity index (χ0n) is 13.1. The molecule has 0 aromatic heterocycles. The molecule has 0 aliphatic carbocycles. The van der Waals surface area contributed by atoms with Crippen LogP contribution in [0.4, 0.5) is 0 Å². The Hall–Kier alpha value is -2.82. The highest BCUT2D eigenvalue weighted by Crippen LogP contribution is 2.32. The first kappa shape index (κ1) is 15.1. The zero-order chi connectivity index (χ0) is 16.2. The number of aryl methyl sites for hydroxylation is 1. The molecule has 1 heterocycles. The maximum Gasteiger partial charge on any atom is 0.271 e. The number of ether oxygens (including phenoxy) is 2. The van der Waals surface area contributed by atoms with E-state index in [1.807, 2.05) is 19.1 Å². The van der Waals surface area contributed by atoms with E-state index < -0.39 is 0 Å². The van der Waals surface area contributed by atoms with Gasteiger partial charge < -0.3 is 9.47 Å². The van der Waals surface area contributed by atoms with Gasteiger partial charge in [-0.15, -0.1) is 0 Å². The van der Waals surface area contributed by atoms with Crippen molar-refractivity contribution in [1.82, 2.24) is 5.43 Å². The van der Waals surface area contributed by atoms with E-state index in [-0.39, 0.29) is 12.7 Å². The first-order chi connectivity index (χ1) is 11.2. The molecule has 1 aliphatic rings. The second-order valence-corrected chi connectivity index (χ2v) is 5.26. The third kappa shape index (κ3) is 3.34. The van der Waals surface area contributed by atoms with Gasteiger partial charge in [0.25, 0.3) is 5.91 Å². The molecule has 0 unspecified atom stereocenters. The summed E-state index contributed by atoms with van der Waals surface area (Å²) < 4.78 is 10.5. The normalized spacial score (nSPS) is 13.0. The van der Waals surface area contributed by atoms with Gasteiger partial charge >= 0.3 is 0 Å². The number of amides is 1. The third-order valence-electron chi connectivity index (χ3n) is 3.74. The van der Waals surface area contributed by atoms with Crippen molar-refractivity contribution in [3.05, 3.63) is 59.2 Å². The SMILES string of the molecule is CCc1ccc(/C(C)=N\NC(=O)c2ccc3c(c2)OCO3)cc1. The van der Waals surface area contributed by atoms with Crippen LogP contribution < -0.4 is 14.9 Å². The van der Waals surface area contributed by atoms with Crippen molar-refractivity contribution in [3.63, 3.8) is 0 Å². The summed E-state index contributed by atoms with van der Waals surface area (Å²) in [6, 6.07) is 13.2. The lowest BCUT2D eigenvalue weighted by Gasteiger charge is -2.05. The van der Waals surface area contributed by atoms with Gasteiger partial charge in [-0.1, -0.05) is 31.2 Å². The van der Waals surface area contributed by atoms with Crippen molar-refractivity contribution in [2.24, 2.45) is 5.10 Å². The van der Waals surface area contributed by atoms with Crippen molar-refractivity contribution >= 4 is 11.6 Å². The van der Waals surface area contributed by atoms with Crippen LogP contribution in [-0.2, 0) is 6.42 Å². The van der Waals surface area contributed by atoms with Crippen molar-refractivity contribution < 1.29 is 14.3 Å². The summed E-state index contributed by atoms with van der Waals surface area (Å²) in [5.41, 5.74) is 6.05. The molecule has 0 atom stereocenters. The van der Waals surface area contributed by atoms with E-state index in [0.29, 0.717) is 17.1 Å². The van der Waals surface area contributed by atoms with E-state index in [4.69, 9.17) is 9.47 Å². The topological polar surface area (TPSA) is 59.9 Å². The van der Waals surface area contributed by atoms with Gasteiger partial charge in [-0.2, -0.15) is 5.10 Å². The van der Waals surface area contributed by atoms with E-state index in [1.165, 1.54) is 5.56 Å². The van der Waals surface area contributed by atoms with E-state index >= 15 is 0 Å². The molecule has 2 aromatic rings. The smallest absolute Gasteiger partial charge is 0.271 e. The molecule has 0 saturated heterocycles. The standard InChI is InChI=1S/C18H18N2O3/c1-3-13-4-6-14(7-5-13)12(2)19-20-18(21)15-8-9-16-17(10-15)23-11-22-16/h4-10H,3,11H2,1-2H3,(H,20,21)/b19-12-. The molecule has 0 saturated carbocycles. The lowest BCUT2D eigenvalue weighted by atomic mass is 10.1. The molecule has 1 aliphatic heterocycles. The highest BCUT2D eigenvalue weighted by molar-refractivity contribution is 6.01. The van der Waals surface area contributed by atoms with Gasteiger partial charge in [0.15, 0.2) is 11.5 Å². The van der Waals surface area contributed by atoms with Crippen molar-refractivity contribution in [3.8, 4) is 11.5 Å². The highest BCUT2D eigenvalue weighted by atomic mass is 16.7. The molecule has 0 fully saturated rings. The number of nitrogens with zero attached hydrogens (tertiary/aromatic N) is 1. The van der Waals surface area contributed by atoms with Gasteiger partial charge in [-0.05, 0) is 42.7 Å². The van der Waals surface area contributed by atoms with Crippen molar-refractivity contribution in [1.29, 1.82) is 0 Å². The predicted molar refractivity (Wildman–Crippen MR) is 88.1 cm³/mol. The van der Waals surface area contributed by atoms with Crippen LogP contribution >= 0.6 is 0 Å². The second kappa shape index (κ2) is 6.52. The zero-order valence-corrected chi connectivity index (χ0v) is 13.1. The van der Waals surface area contributed by atoms with Gasteiger partial charge in [-0.3, -0.25) is 4.79 Å². The Morgan fingerprint density at radius 1 is 1.09 bits per heavy atom. The van der Waals surface area contributed by atoms with E-state index in [0.717, 1.165) is 17.7 Å². The van der Waals surface area contributed by atoms with Gasteiger partial charge in [0, 0.05) is 5.56 Å². The average molecular weight is 310 g/mol. The summed E-state index contributed by atoms with van der Waals surface area (Å²) in [6.07, 6.45) is 0.997. The molecule has 0 spiro atoms. The first-order valence-electron chi connectivity index (χ1n) is 7.51. The number of hydrogen-bond acceptors (Lipinski definition) is 4. The fourth-order valence-electron chi connectivity index (χ4n) is 2.28. The molecule has 0 radical (unpaired) electrons. The van der Waals surface area contributed by atoms with E-state index in [2.05, 4.69) is 29.6 Å². The molecule has 23 heavy (non-hydrogen) atoms. The fraction of sp³-hybridized carbons (Fsp3) is 0.222. The molecular formula is C18H18N2O3. The summed E-state index contributed by atoms with van der Waals surface area (Å²) >= 11 is 0. The van der Waals surface area contributed by atoms with Crippen LogP contribution in [0.3, 0.4) is 0 Å². The Morgan fingerprint density at radius 3 is 2.52 bits per heavy atom. The summed E-state index contributed by atoms with van der Waals surface area (Å²) in [4.78, 5) is 12.2. The van der Waals surface area contributed by atoms with Gasteiger partial charge in [-0.25, -0.2) is 5.43 Å². The third-order valence-corrected chi connectivity index (χ3v) is 3.74. The number of nitrogens with one attached hydrogen (secondary N) is 1. The predicted octanol–water partition coefficient (Wildman–Crippen LogP) is 3.13. The van der Waals surface area contributed by atoms with Crippen LogP contribution in [0.15, 0.2) is 47.6 Å². The monoisotopic (exact) mass is 310 g/mol. The Kier molecular flexibility index (Phi) is 4.28. The lowest BCUT2D eigenvalue weighted by molar-refractivity contribution is 0.0954. The minimum Gasteiger partial charge on any atom is -0.454 e. The maximum atomic E-state index is 12.2. The van der Waals surface area contributed by atoms with Crippen LogP contribution in [0.25, 0.3) is 0 Å². The van der Waals surface area contributed by atoms with Crippen molar-refractivity contribution in [2.75, 3.05) is 6.79 Å². The average Bonchev–Trinajstić information content (AvgIpc) is 3.07. The molecule has 2 aromatic carbocycles. The molecule has 118 valence electrons. The highest BCUT2D eigenvalue weighted by Gasteiger charge is 2.16. The van der Waals surface area contributed by atoms with E-state index in [1.54, 1.807) is 18.2 Å². The Labute approximate surface area is 134 Å². The van der Waals surface area contributed by atoms with Crippen LogP contribution in [0.5, 0.6) is 11.5 Å². The van der Waals surface area contributed by atoms with Crippen molar-refractivity contribution in [2.45, 2.75) is 20.3 Å². The molecule has 1 N–H and O–H groups in total. The summed E-state index contributed by atoms with van der Waals surface area (Å²) in [7, 11) is 0. The van der Waals surface area contributed by atoms with Crippen LogP contribution in [0, 0.1) is 0 Å². The number of carbonyl (C=O) groups is 1. The number of hydrogen-bond donors (Lipinski definition) is 1. The number of fused-ring (bicyclic) bond motifs is 1. The molecular weight excluding hydrogens is 292 g/mol. The maximum absolute atomic E-state index is 12.2.